The molecule has 0 aliphatic heterocycles. The van der Waals surface area contributed by atoms with Crippen LogP contribution in [0.3, 0.4) is 0 Å². The molecule has 2 unspecified atom stereocenters. The van der Waals surface area contributed by atoms with E-state index in [1.165, 1.54) is 77.0 Å². The van der Waals surface area contributed by atoms with E-state index in [1.54, 1.807) is 5.57 Å². The maximum atomic E-state index is 13.4. The van der Waals surface area contributed by atoms with Crippen LogP contribution in [0.25, 0.3) is 0 Å². The highest BCUT2D eigenvalue weighted by Crippen LogP contribution is 2.65. The van der Waals surface area contributed by atoms with Crippen LogP contribution in [0, 0.1) is 46.3 Å². The van der Waals surface area contributed by atoms with E-state index in [0.717, 1.165) is 49.4 Å². The molecule has 0 spiro atoms. The number of hydrogen-bond donors (Lipinski definition) is 1. The van der Waals surface area contributed by atoms with Crippen molar-refractivity contribution >= 4 is 5.97 Å². The minimum Gasteiger partial charge on any atom is -0.462 e. The number of hydrogen-bond acceptors (Lipinski definition) is 3. The second-order valence-electron chi connectivity index (χ2n) is 14.2. The Bertz CT molecular complexity index is 805. The summed E-state index contributed by atoms with van der Waals surface area (Å²) in [6, 6.07) is 0. The average Bonchev–Trinajstić information content (AvgIpc) is 3.60. The summed E-state index contributed by atoms with van der Waals surface area (Å²) in [5.74, 6) is 4.46. The van der Waals surface area contributed by atoms with Crippen molar-refractivity contribution in [3.8, 4) is 0 Å². The number of esters is 1. The fourth-order valence-corrected chi connectivity index (χ4v) is 10.7. The van der Waals surface area contributed by atoms with Crippen LogP contribution >= 0.6 is 0 Å². The number of carbonyl (C=O) groups excluding carboxylic acids is 1. The molecule has 5 fully saturated rings. The van der Waals surface area contributed by atoms with Gasteiger partial charge in [0.1, 0.15) is 6.10 Å². The largest absolute Gasteiger partial charge is 0.462 e. The van der Waals surface area contributed by atoms with Crippen LogP contribution in [-0.2, 0) is 9.53 Å². The van der Waals surface area contributed by atoms with Gasteiger partial charge in [0.2, 0.25) is 0 Å². The van der Waals surface area contributed by atoms with Crippen molar-refractivity contribution < 1.29 is 14.6 Å². The van der Waals surface area contributed by atoms with E-state index in [-0.39, 0.29) is 29.0 Å². The third-order valence-corrected chi connectivity index (χ3v) is 12.7. The first-order valence-electron chi connectivity index (χ1n) is 15.5. The van der Waals surface area contributed by atoms with Crippen molar-refractivity contribution in [3.63, 3.8) is 0 Å². The molecule has 7 atom stereocenters. The average molecular weight is 483 g/mol. The minimum absolute atomic E-state index is 0.130. The lowest BCUT2D eigenvalue weighted by Crippen LogP contribution is -2.51. The Kier molecular flexibility index (Phi) is 6.64. The molecular formula is C32H50O3. The molecule has 5 saturated carbocycles. The van der Waals surface area contributed by atoms with Gasteiger partial charge in [-0.3, -0.25) is 4.79 Å². The first-order valence-corrected chi connectivity index (χ1v) is 15.5. The van der Waals surface area contributed by atoms with Gasteiger partial charge in [0.05, 0.1) is 6.10 Å². The number of carbonyl (C=O) groups is 1. The first kappa shape index (κ1) is 24.5. The third kappa shape index (κ3) is 4.24. The van der Waals surface area contributed by atoms with E-state index in [0.29, 0.717) is 18.3 Å². The van der Waals surface area contributed by atoms with Crippen molar-refractivity contribution in [3.05, 3.63) is 11.6 Å². The molecule has 3 heteroatoms. The fraction of sp³-hybridized carbons (Fsp3) is 0.906. The fourth-order valence-electron chi connectivity index (χ4n) is 10.7. The van der Waals surface area contributed by atoms with Crippen LogP contribution in [-0.4, -0.2) is 23.3 Å². The Morgan fingerprint density at radius 1 is 0.914 bits per heavy atom. The number of aliphatic hydroxyl groups is 1. The summed E-state index contributed by atoms with van der Waals surface area (Å²) >= 11 is 0. The molecule has 6 rings (SSSR count). The zero-order chi connectivity index (χ0) is 24.2. The van der Waals surface area contributed by atoms with E-state index >= 15 is 0 Å². The van der Waals surface area contributed by atoms with Crippen LogP contribution in [0.5, 0.6) is 0 Å². The zero-order valence-electron chi connectivity index (χ0n) is 22.5. The molecule has 0 radical (unpaired) electrons. The lowest BCUT2D eigenvalue weighted by Gasteiger charge is -2.58. The van der Waals surface area contributed by atoms with Crippen LogP contribution in [0.1, 0.15) is 123 Å². The van der Waals surface area contributed by atoms with Gasteiger partial charge in [-0.2, -0.15) is 0 Å². The molecule has 6 aliphatic rings. The summed E-state index contributed by atoms with van der Waals surface area (Å²) in [6.07, 6.45) is 22.9. The van der Waals surface area contributed by atoms with Crippen LogP contribution in [0.2, 0.25) is 0 Å². The first-order chi connectivity index (χ1) is 16.9. The normalized spacial score (nSPS) is 44.1. The van der Waals surface area contributed by atoms with E-state index in [1.807, 2.05) is 0 Å². The minimum atomic E-state index is -0.226. The van der Waals surface area contributed by atoms with Gasteiger partial charge >= 0.3 is 5.97 Å². The zero-order valence-corrected chi connectivity index (χ0v) is 22.5. The van der Waals surface area contributed by atoms with Gasteiger partial charge in [-0.25, -0.2) is 0 Å². The van der Waals surface area contributed by atoms with E-state index in [9.17, 15) is 9.90 Å². The monoisotopic (exact) mass is 482 g/mol. The quantitative estimate of drug-likeness (QED) is 0.324. The Morgan fingerprint density at radius 3 is 2.29 bits per heavy atom. The maximum Gasteiger partial charge on any atom is 0.306 e. The molecule has 196 valence electrons. The summed E-state index contributed by atoms with van der Waals surface area (Å²) in [5.41, 5.74) is 2.00. The van der Waals surface area contributed by atoms with Gasteiger partial charge in [-0.15, -0.1) is 0 Å². The van der Waals surface area contributed by atoms with Gasteiger partial charge in [0.15, 0.2) is 0 Å². The summed E-state index contributed by atoms with van der Waals surface area (Å²) in [7, 11) is 0. The van der Waals surface area contributed by atoms with Crippen molar-refractivity contribution in [1.82, 2.24) is 0 Å². The molecule has 0 aromatic heterocycles. The smallest absolute Gasteiger partial charge is 0.306 e. The van der Waals surface area contributed by atoms with E-state index in [4.69, 9.17) is 4.74 Å². The summed E-state index contributed by atoms with van der Waals surface area (Å²) in [6.45, 7) is 4.98. The Labute approximate surface area is 213 Å². The summed E-state index contributed by atoms with van der Waals surface area (Å²) in [5, 5.41) is 10.2. The van der Waals surface area contributed by atoms with E-state index < -0.39 is 0 Å². The molecule has 0 bridgehead atoms. The van der Waals surface area contributed by atoms with Gasteiger partial charge in [-0.05, 0) is 92.3 Å². The van der Waals surface area contributed by atoms with Gasteiger partial charge in [0.25, 0.3) is 0 Å². The summed E-state index contributed by atoms with van der Waals surface area (Å²) < 4.78 is 6.48. The number of aliphatic hydroxyl groups excluding tert-OH is 1. The third-order valence-electron chi connectivity index (χ3n) is 12.7. The number of ether oxygens (including phenoxy) is 1. The van der Waals surface area contributed by atoms with Gasteiger partial charge in [-0.1, -0.05) is 76.9 Å². The second kappa shape index (κ2) is 9.48. The topological polar surface area (TPSA) is 46.5 Å². The lowest BCUT2D eigenvalue weighted by molar-refractivity contribution is -0.162. The number of fused-ring (bicyclic) bond motifs is 5. The molecule has 0 aromatic rings. The maximum absolute atomic E-state index is 13.4. The molecule has 0 aromatic carbocycles. The van der Waals surface area contributed by atoms with Gasteiger partial charge < -0.3 is 9.84 Å². The lowest BCUT2D eigenvalue weighted by atomic mass is 9.47. The number of rotatable bonds is 5. The van der Waals surface area contributed by atoms with E-state index in [2.05, 4.69) is 19.9 Å². The Hall–Kier alpha value is -0.830. The second-order valence-corrected chi connectivity index (χ2v) is 14.2. The van der Waals surface area contributed by atoms with Gasteiger partial charge in [0, 0.05) is 11.8 Å². The highest BCUT2D eigenvalue weighted by molar-refractivity contribution is 5.70. The number of allylic oxidation sites excluding steroid dienone is 1. The van der Waals surface area contributed by atoms with Crippen molar-refractivity contribution in [2.75, 3.05) is 0 Å². The van der Waals surface area contributed by atoms with Crippen molar-refractivity contribution in [2.45, 2.75) is 135 Å². The Morgan fingerprint density at radius 2 is 1.60 bits per heavy atom. The molecule has 0 saturated heterocycles. The van der Waals surface area contributed by atoms with Crippen LogP contribution in [0.4, 0.5) is 0 Å². The standard InChI is InChI=1S/C32H50O3/c1-31-17-15-24(33)19-23(31)11-12-25-27-13-14-29(32(27,2)18-16-28(25)31)35-30(34)20-26(21-7-3-4-8-21)22-9-5-6-10-22/h19,21-22,24-29,33H,3-18,20H2,1-2H3/t24?,25-,27-,28+,29?,31-,32-/m0/s1. The van der Waals surface area contributed by atoms with Crippen LogP contribution < -0.4 is 0 Å². The predicted molar refractivity (Wildman–Crippen MR) is 140 cm³/mol. The highest BCUT2D eigenvalue weighted by atomic mass is 16.5. The van der Waals surface area contributed by atoms with Crippen molar-refractivity contribution in [1.29, 1.82) is 0 Å². The molecule has 3 nitrogen and oxygen atoms in total. The molecule has 0 amide bonds. The SMILES string of the molecule is C[C@]12CCC(O)C=C1CC[C@@H]1[C@H]2CC[C@]2(C)C(OC(=O)CC(C3CCCC3)C3CCCC3)CC[C@@H]12. The Balaban J connectivity index is 1.13. The highest BCUT2D eigenvalue weighted by Gasteiger charge is 2.60. The predicted octanol–water partition coefficient (Wildman–Crippen LogP) is 7.61. The molecule has 0 heterocycles. The molecule has 35 heavy (non-hydrogen) atoms. The molecular weight excluding hydrogens is 432 g/mol. The molecule has 1 N–H and O–H groups in total. The van der Waals surface area contributed by atoms with Crippen molar-refractivity contribution in [2.24, 2.45) is 46.3 Å². The molecule has 6 aliphatic carbocycles. The summed E-state index contributed by atoms with van der Waals surface area (Å²) in [4.78, 5) is 13.4. The van der Waals surface area contributed by atoms with Crippen LogP contribution in [0.15, 0.2) is 11.6 Å².